The molecule has 0 bridgehead atoms. The van der Waals surface area contributed by atoms with E-state index in [2.05, 4.69) is 33.1 Å². The summed E-state index contributed by atoms with van der Waals surface area (Å²) in [6.07, 6.45) is 5.81. The van der Waals surface area contributed by atoms with Crippen molar-refractivity contribution in [2.24, 2.45) is 5.92 Å². The van der Waals surface area contributed by atoms with Crippen molar-refractivity contribution in [2.75, 3.05) is 0 Å². The molecular formula is C10H16S. The molecule has 0 saturated heterocycles. The van der Waals surface area contributed by atoms with E-state index in [1.165, 1.54) is 5.57 Å². The highest BCUT2D eigenvalue weighted by atomic mass is 32.1. The fraction of sp³-hybridized carbons (Fsp3) is 0.400. The molecule has 62 valence electrons. The number of rotatable bonds is 3. The van der Waals surface area contributed by atoms with Crippen LogP contribution < -0.4 is 0 Å². The summed E-state index contributed by atoms with van der Waals surface area (Å²) < 4.78 is 0. The van der Waals surface area contributed by atoms with Gasteiger partial charge in [-0.05, 0) is 18.4 Å². The molecule has 0 atom stereocenters. The fourth-order valence-electron chi connectivity index (χ4n) is 0.867. The Hall–Kier alpha value is -0.430. The Morgan fingerprint density at radius 2 is 2.00 bits per heavy atom. The van der Waals surface area contributed by atoms with Crippen LogP contribution in [0, 0.1) is 5.92 Å². The van der Waals surface area contributed by atoms with Gasteiger partial charge in [0.1, 0.15) is 0 Å². The van der Waals surface area contributed by atoms with E-state index in [9.17, 15) is 0 Å². The van der Waals surface area contributed by atoms with E-state index in [0.717, 1.165) is 4.91 Å². The second-order valence-electron chi connectivity index (χ2n) is 2.69. The van der Waals surface area contributed by atoms with Crippen LogP contribution in [0.25, 0.3) is 0 Å². The Kier molecular flexibility index (Phi) is 5.05. The van der Waals surface area contributed by atoms with Gasteiger partial charge in [-0.3, -0.25) is 0 Å². The van der Waals surface area contributed by atoms with Gasteiger partial charge >= 0.3 is 0 Å². The SMILES string of the molecule is C=C/C=C(\C(S)=C/C)C(C)C. The summed E-state index contributed by atoms with van der Waals surface area (Å²) in [6, 6.07) is 0. The van der Waals surface area contributed by atoms with Crippen LogP contribution in [0.1, 0.15) is 20.8 Å². The molecule has 0 nitrogen and oxygen atoms in total. The second kappa shape index (κ2) is 5.25. The summed E-state index contributed by atoms with van der Waals surface area (Å²) in [5.74, 6) is 0.511. The van der Waals surface area contributed by atoms with Crippen molar-refractivity contribution in [3.63, 3.8) is 0 Å². The Labute approximate surface area is 75.1 Å². The zero-order valence-electron chi connectivity index (χ0n) is 7.46. The van der Waals surface area contributed by atoms with E-state index in [1.54, 1.807) is 6.08 Å². The molecule has 0 aliphatic carbocycles. The summed E-state index contributed by atoms with van der Waals surface area (Å²) in [5.41, 5.74) is 1.24. The maximum atomic E-state index is 4.34. The average Bonchev–Trinajstić information content (AvgIpc) is 1.98. The topological polar surface area (TPSA) is 0 Å². The second-order valence-corrected chi connectivity index (χ2v) is 3.17. The van der Waals surface area contributed by atoms with Crippen LogP contribution in [0.5, 0.6) is 0 Å². The molecule has 0 aliphatic heterocycles. The molecule has 0 unspecified atom stereocenters. The van der Waals surface area contributed by atoms with Gasteiger partial charge in [0.2, 0.25) is 0 Å². The summed E-state index contributed by atoms with van der Waals surface area (Å²) in [7, 11) is 0. The summed E-state index contributed by atoms with van der Waals surface area (Å²) in [6.45, 7) is 9.95. The third-order valence-electron chi connectivity index (χ3n) is 1.49. The van der Waals surface area contributed by atoms with Crippen LogP contribution in [-0.2, 0) is 0 Å². The molecule has 0 N–H and O–H groups in total. The highest BCUT2D eigenvalue weighted by molar-refractivity contribution is 7.84. The van der Waals surface area contributed by atoms with Crippen molar-refractivity contribution in [1.82, 2.24) is 0 Å². The van der Waals surface area contributed by atoms with E-state index in [1.807, 2.05) is 19.1 Å². The number of thiol groups is 1. The maximum absolute atomic E-state index is 4.34. The third-order valence-corrected chi connectivity index (χ3v) is 2.01. The van der Waals surface area contributed by atoms with Gasteiger partial charge < -0.3 is 0 Å². The van der Waals surface area contributed by atoms with Crippen LogP contribution >= 0.6 is 12.6 Å². The third kappa shape index (κ3) is 3.47. The smallest absolute Gasteiger partial charge is 0.00319 e. The van der Waals surface area contributed by atoms with Crippen LogP contribution in [0.4, 0.5) is 0 Å². The van der Waals surface area contributed by atoms with Gasteiger partial charge in [-0.1, -0.05) is 38.7 Å². The lowest BCUT2D eigenvalue weighted by Crippen LogP contribution is -1.93. The van der Waals surface area contributed by atoms with Crippen LogP contribution in [-0.4, -0.2) is 0 Å². The van der Waals surface area contributed by atoms with Gasteiger partial charge in [-0.15, -0.1) is 12.6 Å². The normalized spacial score (nSPS) is 13.9. The molecule has 0 saturated carbocycles. The summed E-state index contributed by atoms with van der Waals surface area (Å²) in [4.78, 5) is 1.04. The van der Waals surface area contributed by atoms with Crippen molar-refractivity contribution in [2.45, 2.75) is 20.8 Å². The molecule has 0 aromatic rings. The largest absolute Gasteiger partial charge is 0.143 e. The highest BCUT2D eigenvalue weighted by Gasteiger charge is 2.03. The molecule has 0 aromatic carbocycles. The molecular weight excluding hydrogens is 152 g/mol. The first-order chi connectivity index (χ1) is 5.13. The molecule has 0 rings (SSSR count). The molecule has 1 heteroatoms. The molecule has 0 aromatic heterocycles. The lowest BCUT2D eigenvalue weighted by molar-refractivity contribution is 0.788. The summed E-state index contributed by atoms with van der Waals surface area (Å²) >= 11 is 4.34. The lowest BCUT2D eigenvalue weighted by Gasteiger charge is -2.09. The quantitative estimate of drug-likeness (QED) is 0.483. The highest BCUT2D eigenvalue weighted by Crippen LogP contribution is 2.21. The zero-order valence-corrected chi connectivity index (χ0v) is 8.36. The fourth-order valence-corrected chi connectivity index (χ4v) is 1.20. The van der Waals surface area contributed by atoms with E-state index in [0.29, 0.717) is 5.92 Å². The number of hydrogen-bond donors (Lipinski definition) is 1. The maximum Gasteiger partial charge on any atom is 0.00319 e. The van der Waals surface area contributed by atoms with Crippen LogP contribution in [0.15, 0.2) is 35.3 Å². The van der Waals surface area contributed by atoms with Crippen LogP contribution in [0.2, 0.25) is 0 Å². The van der Waals surface area contributed by atoms with Crippen molar-refractivity contribution in [3.05, 3.63) is 35.3 Å². The van der Waals surface area contributed by atoms with Gasteiger partial charge in [0, 0.05) is 4.91 Å². The minimum atomic E-state index is 0.511. The minimum absolute atomic E-state index is 0.511. The standard InChI is InChI=1S/C10H16S/c1-5-7-9(8(3)4)10(11)6-2/h5-8,11H,1H2,2-4H3/b9-7-,10-6+. The Morgan fingerprint density at radius 1 is 1.45 bits per heavy atom. The first-order valence-electron chi connectivity index (χ1n) is 3.81. The predicted molar refractivity (Wildman–Crippen MR) is 55.9 cm³/mol. The average molecular weight is 168 g/mol. The Morgan fingerprint density at radius 3 is 2.27 bits per heavy atom. The van der Waals surface area contributed by atoms with E-state index < -0.39 is 0 Å². The zero-order chi connectivity index (χ0) is 8.85. The van der Waals surface area contributed by atoms with E-state index in [4.69, 9.17) is 0 Å². The molecule has 0 radical (unpaired) electrons. The molecule has 0 aliphatic rings. The van der Waals surface area contributed by atoms with Crippen molar-refractivity contribution < 1.29 is 0 Å². The van der Waals surface area contributed by atoms with Crippen molar-refractivity contribution in [3.8, 4) is 0 Å². The summed E-state index contributed by atoms with van der Waals surface area (Å²) in [5, 5.41) is 0. The first kappa shape index (κ1) is 10.6. The van der Waals surface area contributed by atoms with Gasteiger partial charge in [-0.25, -0.2) is 0 Å². The lowest BCUT2D eigenvalue weighted by atomic mass is 10.0. The van der Waals surface area contributed by atoms with E-state index >= 15 is 0 Å². The van der Waals surface area contributed by atoms with Gasteiger partial charge in [0.25, 0.3) is 0 Å². The number of hydrogen-bond acceptors (Lipinski definition) is 1. The minimum Gasteiger partial charge on any atom is -0.143 e. The van der Waals surface area contributed by atoms with E-state index in [-0.39, 0.29) is 0 Å². The molecule has 0 spiro atoms. The Balaban J connectivity index is 4.61. The molecule has 0 fully saturated rings. The monoisotopic (exact) mass is 168 g/mol. The predicted octanol–water partition coefficient (Wildman–Crippen LogP) is 3.59. The van der Waals surface area contributed by atoms with Gasteiger partial charge in [0.15, 0.2) is 0 Å². The van der Waals surface area contributed by atoms with Gasteiger partial charge in [0.05, 0.1) is 0 Å². The number of allylic oxidation sites excluding steroid dienone is 4. The van der Waals surface area contributed by atoms with Crippen LogP contribution in [0.3, 0.4) is 0 Å². The molecule has 0 heterocycles. The molecule has 11 heavy (non-hydrogen) atoms. The van der Waals surface area contributed by atoms with Gasteiger partial charge in [-0.2, -0.15) is 0 Å². The van der Waals surface area contributed by atoms with Crippen molar-refractivity contribution >= 4 is 12.6 Å². The molecule has 0 amide bonds. The first-order valence-corrected chi connectivity index (χ1v) is 4.26. The van der Waals surface area contributed by atoms with Crippen molar-refractivity contribution in [1.29, 1.82) is 0 Å². The Bertz CT molecular complexity index is 185.